The van der Waals surface area contributed by atoms with Crippen LogP contribution in [-0.4, -0.2) is 31.2 Å². The molecule has 0 atom stereocenters. The molecule has 2 aliphatic carbocycles. The number of benzene rings is 1. The molecule has 3 N–H and O–H groups in total. The molecular formula is C18H25ClN2O3. The van der Waals surface area contributed by atoms with Gasteiger partial charge in [0.1, 0.15) is 13.2 Å². The molecule has 5 nitrogen and oxygen atoms in total. The summed E-state index contributed by atoms with van der Waals surface area (Å²) in [6, 6.07) is 6.22. The molecule has 1 aromatic rings. The Kier molecular flexibility index (Phi) is 4.67. The number of nitrogens with one attached hydrogen (secondary N) is 1. The average Bonchev–Trinajstić information content (AvgIpc) is 3.16. The van der Waals surface area contributed by atoms with Crippen molar-refractivity contribution in [2.45, 2.75) is 49.5 Å². The fourth-order valence-electron chi connectivity index (χ4n) is 3.78. The molecule has 1 aromatic carbocycles. The van der Waals surface area contributed by atoms with Gasteiger partial charge in [0.2, 0.25) is 5.91 Å². The summed E-state index contributed by atoms with van der Waals surface area (Å²) in [6.45, 7) is 1.85. The van der Waals surface area contributed by atoms with Gasteiger partial charge in [0, 0.05) is 12.0 Å². The van der Waals surface area contributed by atoms with Gasteiger partial charge in [-0.05, 0) is 43.4 Å². The minimum atomic E-state index is -0.605. The molecule has 2 fully saturated rings. The third-order valence-electron chi connectivity index (χ3n) is 5.54. The number of halogens is 1. The number of hydrogen-bond acceptors (Lipinski definition) is 4. The fourth-order valence-corrected chi connectivity index (χ4v) is 3.78. The van der Waals surface area contributed by atoms with Crippen molar-refractivity contribution in [1.82, 2.24) is 5.32 Å². The van der Waals surface area contributed by atoms with Gasteiger partial charge >= 0.3 is 0 Å². The zero-order chi connectivity index (χ0) is 15.9. The summed E-state index contributed by atoms with van der Waals surface area (Å²) in [6.07, 6.45) is 6.16. The van der Waals surface area contributed by atoms with E-state index in [0.717, 1.165) is 37.2 Å². The number of rotatable bonds is 4. The summed E-state index contributed by atoms with van der Waals surface area (Å²) < 4.78 is 11.3. The second kappa shape index (κ2) is 6.45. The Balaban J connectivity index is 0.00000169. The molecule has 0 unspecified atom stereocenters. The van der Waals surface area contributed by atoms with E-state index in [-0.39, 0.29) is 23.7 Å². The van der Waals surface area contributed by atoms with E-state index in [0.29, 0.717) is 19.8 Å². The molecule has 2 saturated carbocycles. The van der Waals surface area contributed by atoms with Gasteiger partial charge in [-0.15, -0.1) is 12.4 Å². The Morgan fingerprint density at radius 1 is 1.08 bits per heavy atom. The van der Waals surface area contributed by atoms with Gasteiger partial charge in [-0.2, -0.15) is 0 Å². The van der Waals surface area contributed by atoms with Gasteiger partial charge < -0.3 is 20.5 Å². The maximum atomic E-state index is 12.2. The molecule has 132 valence electrons. The van der Waals surface area contributed by atoms with Crippen molar-refractivity contribution in [3.05, 3.63) is 23.8 Å². The maximum absolute atomic E-state index is 12.2. The quantitative estimate of drug-likeness (QED) is 0.872. The molecule has 0 aromatic heterocycles. The Hall–Kier alpha value is -1.46. The Labute approximate surface area is 148 Å². The van der Waals surface area contributed by atoms with E-state index in [1.165, 1.54) is 18.4 Å². The SMILES string of the molecule is Cl.NC1(C(=O)NCC2(c3ccc4c(c3)OCCO4)CCCC2)CC1. The summed E-state index contributed by atoms with van der Waals surface area (Å²) in [5.41, 5.74) is 6.63. The molecule has 0 bridgehead atoms. The Bertz CT molecular complexity index is 625. The van der Waals surface area contributed by atoms with Crippen LogP contribution in [0, 0.1) is 0 Å². The second-order valence-electron chi connectivity index (χ2n) is 7.18. The van der Waals surface area contributed by atoms with Gasteiger partial charge in [0.15, 0.2) is 11.5 Å². The number of fused-ring (bicyclic) bond motifs is 1. The van der Waals surface area contributed by atoms with Crippen molar-refractivity contribution in [2.24, 2.45) is 5.73 Å². The highest BCUT2D eigenvalue weighted by molar-refractivity contribution is 5.89. The van der Waals surface area contributed by atoms with Crippen LogP contribution < -0.4 is 20.5 Å². The van der Waals surface area contributed by atoms with Crippen molar-refractivity contribution < 1.29 is 14.3 Å². The molecule has 3 aliphatic rings. The van der Waals surface area contributed by atoms with Crippen LogP contribution in [0.3, 0.4) is 0 Å². The minimum Gasteiger partial charge on any atom is -0.486 e. The van der Waals surface area contributed by atoms with E-state index in [4.69, 9.17) is 15.2 Å². The van der Waals surface area contributed by atoms with Crippen LogP contribution in [0.1, 0.15) is 44.1 Å². The lowest BCUT2D eigenvalue weighted by Gasteiger charge is -2.31. The van der Waals surface area contributed by atoms with E-state index >= 15 is 0 Å². The highest BCUT2D eigenvalue weighted by Crippen LogP contribution is 2.44. The summed E-state index contributed by atoms with van der Waals surface area (Å²) in [5, 5.41) is 3.11. The van der Waals surface area contributed by atoms with Gasteiger partial charge in [-0.25, -0.2) is 0 Å². The van der Waals surface area contributed by atoms with Crippen LogP contribution in [0.25, 0.3) is 0 Å². The molecule has 1 amide bonds. The molecular weight excluding hydrogens is 328 g/mol. The monoisotopic (exact) mass is 352 g/mol. The van der Waals surface area contributed by atoms with E-state index in [9.17, 15) is 4.79 Å². The number of amides is 1. The summed E-state index contributed by atoms with van der Waals surface area (Å²) in [4.78, 5) is 12.2. The first-order chi connectivity index (χ1) is 11.1. The molecule has 4 rings (SSSR count). The summed E-state index contributed by atoms with van der Waals surface area (Å²) >= 11 is 0. The maximum Gasteiger partial charge on any atom is 0.240 e. The first-order valence-corrected chi connectivity index (χ1v) is 8.59. The number of carbonyl (C=O) groups excluding carboxylic acids is 1. The molecule has 1 heterocycles. The minimum absolute atomic E-state index is 0. The van der Waals surface area contributed by atoms with Crippen LogP contribution in [0.4, 0.5) is 0 Å². The number of carbonyl (C=O) groups is 1. The molecule has 0 saturated heterocycles. The summed E-state index contributed by atoms with van der Waals surface area (Å²) in [7, 11) is 0. The lowest BCUT2D eigenvalue weighted by atomic mass is 9.78. The van der Waals surface area contributed by atoms with Crippen LogP contribution in [0.2, 0.25) is 0 Å². The highest BCUT2D eigenvalue weighted by Gasteiger charge is 2.47. The van der Waals surface area contributed by atoms with Gasteiger partial charge in [-0.1, -0.05) is 18.9 Å². The molecule has 0 spiro atoms. The lowest BCUT2D eigenvalue weighted by molar-refractivity contribution is -0.123. The van der Waals surface area contributed by atoms with Gasteiger partial charge in [-0.3, -0.25) is 4.79 Å². The largest absolute Gasteiger partial charge is 0.486 e. The molecule has 6 heteroatoms. The standard InChI is InChI=1S/C18H24N2O3.ClH/c19-18(7-8-18)16(21)20-12-17(5-1-2-6-17)13-3-4-14-15(11-13)23-10-9-22-14;/h3-4,11H,1-2,5-10,12,19H2,(H,20,21);1H. The van der Waals surface area contributed by atoms with Gasteiger partial charge in [0.25, 0.3) is 0 Å². The third kappa shape index (κ3) is 3.07. The van der Waals surface area contributed by atoms with Crippen LogP contribution in [0.15, 0.2) is 18.2 Å². The Morgan fingerprint density at radius 2 is 1.75 bits per heavy atom. The lowest BCUT2D eigenvalue weighted by Crippen LogP contribution is -2.47. The van der Waals surface area contributed by atoms with Gasteiger partial charge in [0.05, 0.1) is 5.54 Å². The van der Waals surface area contributed by atoms with Crippen molar-refractivity contribution in [3.63, 3.8) is 0 Å². The first kappa shape index (κ1) is 17.4. The van der Waals surface area contributed by atoms with E-state index in [1.54, 1.807) is 0 Å². The van der Waals surface area contributed by atoms with Crippen molar-refractivity contribution in [3.8, 4) is 11.5 Å². The number of ether oxygens (including phenoxy) is 2. The highest BCUT2D eigenvalue weighted by atomic mass is 35.5. The van der Waals surface area contributed by atoms with Crippen LogP contribution >= 0.6 is 12.4 Å². The van der Waals surface area contributed by atoms with E-state index < -0.39 is 5.54 Å². The van der Waals surface area contributed by atoms with Crippen molar-refractivity contribution in [2.75, 3.05) is 19.8 Å². The zero-order valence-corrected chi connectivity index (χ0v) is 14.6. The smallest absolute Gasteiger partial charge is 0.240 e. The van der Waals surface area contributed by atoms with Crippen LogP contribution in [0.5, 0.6) is 11.5 Å². The first-order valence-electron chi connectivity index (χ1n) is 8.59. The number of nitrogens with two attached hydrogens (primary N) is 1. The molecule has 0 radical (unpaired) electrons. The number of hydrogen-bond donors (Lipinski definition) is 2. The second-order valence-corrected chi connectivity index (χ2v) is 7.18. The third-order valence-corrected chi connectivity index (χ3v) is 5.54. The van der Waals surface area contributed by atoms with Crippen LogP contribution in [-0.2, 0) is 10.2 Å². The zero-order valence-electron chi connectivity index (χ0n) is 13.8. The van der Waals surface area contributed by atoms with E-state index in [1.807, 2.05) is 6.07 Å². The van der Waals surface area contributed by atoms with E-state index in [2.05, 4.69) is 17.4 Å². The molecule has 24 heavy (non-hydrogen) atoms. The Morgan fingerprint density at radius 3 is 2.42 bits per heavy atom. The van der Waals surface area contributed by atoms with Crippen molar-refractivity contribution >= 4 is 18.3 Å². The summed E-state index contributed by atoms with van der Waals surface area (Å²) in [5.74, 6) is 1.64. The predicted molar refractivity (Wildman–Crippen MR) is 94.0 cm³/mol. The predicted octanol–water partition coefficient (Wildman–Crippen LogP) is 2.30. The van der Waals surface area contributed by atoms with Crippen molar-refractivity contribution in [1.29, 1.82) is 0 Å². The fraction of sp³-hybridized carbons (Fsp3) is 0.611. The normalized spacial score (nSPS) is 22.4. The molecule has 1 aliphatic heterocycles. The average molecular weight is 353 g/mol. The topological polar surface area (TPSA) is 73.6 Å².